The maximum Gasteiger partial charge on any atom is 0.118 e. The first kappa shape index (κ1) is 16.1. The van der Waals surface area contributed by atoms with Gasteiger partial charge in [-0.3, -0.25) is 0 Å². The number of ether oxygens (including phenoxy) is 1. The fourth-order valence-electron chi connectivity index (χ4n) is 2.46. The van der Waals surface area contributed by atoms with Crippen molar-refractivity contribution in [3.8, 4) is 5.75 Å². The van der Waals surface area contributed by atoms with Gasteiger partial charge >= 0.3 is 0 Å². The molecule has 0 aliphatic rings. The van der Waals surface area contributed by atoms with Crippen molar-refractivity contribution < 1.29 is 4.74 Å². The van der Waals surface area contributed by atoms with E-state index in [-0.39, 0.29) is 0 Å². The zero-order chi connectivity index (χ0) is 15.1. The van der Waals surface area contributed by atoms with Crippen LogP contribution in [0.4, 0.5) is 0 Å². The second-order valence-electron chi connectivity index (χ2n) is 5.82. The summed E-state index contributed by atoms with van der Waals surface area (Å²) in [6, 6.07) is 11.2. The summed E-state index contributed by atoms with van der Waals surface area (Å²) < 4.78 is 5.23. The number of benzene rings is 1. The lowest BCUT2D eigenvalue weighted by molar-refractivity contribution is 0.414. The van der Waals surface area contributed by atoms with Gasteiger partial charge in [-0.15, -0.1) is 0 Å². The van der Waals surface area contributed by atoms with E-state index in [0.29, 0.717) is 12.0 Å². The smallest absolute Gasteiger partial charge is 0.118 e. The molecule has 2 nitrogen and oxygen atoms in total. The fraction of sp³-hybridized carbons (Fsp3) is 0.444. The lowest BCUT2D eigenvalue weighted by atomic mass is 9.93. The highest BCUT2D eigenvalue weighted by atomic mass is 32.1. The van der Waals surface area contributed by atoms with Crippen molar-refractivity contribution in [2.75, 3.05) is 13.7 Å². The zero-order valence-corrected chi connectivity index (χ0v) is 14.0. The summed E-state index contributed by atoms with van der Waals surface area (Å²) in [5, 5.41) is 8.00. The lowest BCUT2D eigenvalue weighted by Gasteiger charge is -2.19. The summed E-state index contributed by atoms with van der Waals surface area (Å²) in [5.41, 5.74) is 2.82. The zero-order valence-electron chi connectivity index (χ0n) is 13.1. The van der Waals surface area contributed by atoms with E-state index in [2.05, 4.69) is 48.1 Å². The summed E-state index contributed by atoms with van der Waals surface area (Å²) in [7, 11) is 1.71. The molecule has 0 amide bonds. The Labute approximate surface area is 132 Å². The van der Waals surface area contributed by atoms with Gasteiger partial charge in [0.25, 0.3) is 0 Å². The average Bonchev–Trinajstić information content (AvgIpc) is 2.98. The van der Waals surface area contributed by atoms with Crippen LogP contribution >= 0.6 is 11.3 Å². The first-order chi connectivity index (χ1) is 10.2. The standard InChI is InChI=1S/C18H25NOS/c1-14(2)19-12-17(11-16-8-9-21-13-16)10-15-4-6-18(20-3)7-5-15/h4-9,13-14,17,19H,10-12H2,1-3H3. The molecule has 2 aromatic rings. The van der Waals surface area contributed by atoms with Gasteiger partial charge in [-0.05, 0) is 65.4 Å². The van der Waals surface area contributed by atoms with Crippen LogP contribution in [0.15, 0.2) is 41.1 Å². The Kier molecular flexibility index (Phi) is 6.27. The molecule has 3 heteroatoms. The molecule has 0 saturated heterocycles. The lowest BCUT2D eigenvalue weighted by Crippen LogP contribution is -2.31. The van der Waals surface area contributed by atoms with Crippen molar-refractivity contribution in [3.63, 3.8) is 0 Å². The molecule has 0 fully saturated rings. The first-order valence-electron chi connectivity index (χ1n) is 7.54. The Bertz CT molecular complexity index is 505. The van der Waals surface area contributed by atoms with Crippen molar-refractivity contribution >= 4 is 11.3 Å². The van der Waals surface area contributed by atoms with Crippen LogP contribution in [0.2, 0.25) is 0 Å². The van der Waals surface area contributed by atoms with Gasteiger partial charge < -0.3 is 10.1 Å². The molecule has 21 heavy (non-hydrogen) atoms. The number of nitrogens with one attached hydrogen (secondary N) is 1. The minimum absolute atomic E-state index is 0.533. The molecule has 114 valence electrons. The van der Waals surface area contributed by atoms with E-state index in [4.69, 9.17) is 4.74 Å². The Morgan fingerprint density at radius 2 is 1.76 bits per heavy atom. The molecule has 1 unspecified atom stereocenters. The van der Waals surface area contributed by atoms with Gasteiger partial charge in [-0.1, -0.05) is 26.0 Å². The summed E-state index contributed by atoms with van der Waals surface area (Å²) in [6.07, 6.45) is 2.23. The molecule has 0 aliphatic heterocycles. The highest BCUT2D eigenvalue weighted by Crippen LogP contribution is 2.19. The maximum atomic E-state index is 5.23. The van der Waals surface area contributed by atoms with Gasteiger partial charge in [0.2, 0.25) is 0 Å². The van der Waals surface area contributed by atoms with Crippen LogP contribution in [0.5, 0.6) is 5.75 Å². The molecular weight excluding hydrogens is 278 g/mol. The third-order valence-electron chi connectivity index (χ3n) is 3.60. The van der Waals surface area contributed by atoms with Gasteiger partial charge in [0.05, 0.1) is 7.11 Å². The number of hydrogen-bond donors (Lipinski definition) is 1. The Balaban J connectivity index is 1.99. The molecule has 1 atom stereocenters. The van der Waals surface area contributed by atoms with Crippen LogP contribution in [0.3, 0.4) is 0 Å². The van der Waals surface area contributed by atoms with E-state index in [9.17, 15) is 0 Å². The van der Waals surface area contributed by atoms with Crippen LogP contribution in [-0.4, -0.2) is 19.7 Å². The molecule has 1 heterocycles. The summed E-state index contributed by atoms with van der Waals surface area (Å²) in [5.74, 6) is 1.55. The molecule has 0 radical (unpaired) electrons. The summed E-state index contributed by atoms with van der Waals surface area (Å²) >= 11 is 1.78. The molecule has 0 spiro atoms. The topological polar surface area (TPSA) is 21.3 Å². The number of hydrogen-bond acceptors (Lipinski definition) is 3. The van der Waals surface area contributed by atoms with Crippen molar-refractivity contribution in [2.24, 2.45) is 5.92 Å². The normalized spacial score (nSPS) is 12.6. The van der Waals surface area contributed by atoms with E-state index >= 15 is 0 Å². The summed E-state index contributed by atoms with van der Waals surface area (Å²) in [4.78, 5) is 0. The SMILES string of the molecule is COc1ccc(CC(CNC(C)C)Cc2ccsc2)cc1. The summed E-state index contributed by atoms with van der Waals surface area (Å²) in [6.45, 7) is 5.46. The largest absolute Gasteiger partial charge is 0.497 e. The van der Waals surface area contributed by atoms with E-state index in [1.54, 1.807) is 18.4 Å². The third kappa shape index (κ3) is 5.52. The predicted octanol–water partition coefficient (Wildman–Crippen LogP) is 4.16. The molecule has 0 bridgehead atoms. The fourth-order valence-corrected chi connectivity index (χ4v) is 3.14. The van der Waals surface area contributed by atoms with Crippen LogP contribution in [0.25, 0.3) is 0 Å². The molecule has 0 saturated carbocycles. The van der Waals surface area contributed by atoms with Gasteiger partial charge in [0, 0.05) is 6.04 Å². The van der Waals surface area contributed by atoms with E-state index < -0.39 is 0 Å². The van der Waals surface area contributed by atoms with Gasteiger partial charge in [0.1, 0.15) is 5.75 Å². The minimum Gasteiger partial charge on any atom is -0.497 e. The van der Waals surface area contributed by atoms with E-state index in [1.807, 2.05) is 12.1 Å². The van der Waals surface area contributed by atoms with E-state index in [1.165, 1.54) is 11.1 Å². The molecular formula is C18H25NOS. The molecule has 0 aliphatic carbocycles. The third-order valence-corrected chi connectivity index (χ3v) is 4.33. The molecule has 1 aromatic carbocycles. The van der Waals surface area contributed by atoms with Crippen molar-refractivity contribution in [1.29, 1.82) is 0 Å². The van der Waals surface area contributed by atoms with Crippen molar-refractivity contribution in [1.82, 2.24) is 5.32 Å². The monoisotopic (exact) mass is 303 g/mol. The quantitative estimate of drug-likeness (QED) is 0.791. The molecule has 2 rings (SSSR count). The predicted molar refractivity (Wildman–Crippen MR) is 91.3 cm³/mol. The number of thiophene rings is 1. The highest BCUT2D eigenvalue weighted by Gasteiger charge is 2.12. The van der Waals surface area contributed by atoms with Crippen LogP contribution in [0, 0.1) is 5.92 Å². The van der Waals surface area contributed by atoms with Crippen LogP contribution < -0.4 is 10.1 Å². The Morgan fingerprint density at radius 1 is 1.05 bits per heavy atom. The second-order valence-corrected chi connectivity index (χ2v) is 6.60. The number of rotatable bonds is 8. The van der Waals surface area contributed by atoms with Crippen LogP contribution in [0.1, 0.15) is 25.0 Å². The average molecular weight is 303 g/mol. The van der Waals surface area contributed by atoms with Gasteiger partial charge in [-0.2, -0.15) is 11.3 Å². The Morgan fingerprint density at radius 3 is 2.33 bits per heavy atom. The van der Waals surface area contributed by atoms with E-state index in [0.717, 1.165) is 25.1 Å². The van der Waals surface area contributed by atoms with Gasteiger partial charge in [0.15, 0.2) is 0 Å². The highest BCUT2D eigenvalue weighted by molar-refractivity contribution is 7.07. The van der Waals surface area contributed by atoms with Crippen molar-refractivity contribution in [2.45, 2.75) is 32.7 Å². The minimum atomic E-state index is 0.533. The second kappa shape index (κ2) is 8.20. The number of methoxy groups -OCH3 is 1. The Hall–Kier alpha value is -1.32. The van der Waals surface area contributed by atoms with Crippen molar-refractivity contribution in [3.05, 3.63) is 52.2 Å². The first-order valence-corrected chi connectivity index (χ1v) is 8.49. The maximum absolute atomic E-state index is 5.23. The molecule has 1 N–H and O–H groups in total. The molecule has 1 aromatic heterocycles. The van der Waals surface area contributed by atoms with Crippen LogP contribution in [-0.2, 0) is 12.8 Å². The van der Waals surface area contributed by atoms with Gasteiger partial charge in [-0.25, -0.2) is 0 Å².